The topological polar surface area (TPSA) is 88.4 Å². The fourth-order valence-corrected chi connectivity index (χ4v) is 4.92. The summed E-state index contributed by atoms with van der Waals surface area (Å²) in [5.41, 5.74) is 4.16. The lowest BCUT2D eigenvalue weighted by atomic mass is 10.0. The fraction of sp³-hybridized carbons (Fsp3) is 0.318. The third-order valence-corrected chi connectivity index (χ3v) is 6.88. The Labute approximate surface area is 183 Å². The lowest BCUT2D eigenvalue weighted by Gasteiger charge is -2.11. The number of hydrogen-bond donors (Lipinski definition) is 2. The molecule has 6 nitrogen and oxygen atoms in total. The Hall–Kier alpha value is -2.85. The van der Waals surface area contributed by atoms with E-state index in [4.69, 9.17) is 9.90 Å². The lowest BCUT2D eigenvalue weighted by Crippen LogP contribution is -2.21. The number of hydrogen-bond acceptors (Lipinski definition) is 4. The fourth-order valence-electron chi connectivity index (χ4n) is 3.54. The highest BCUT2D eigenvalue weighted by Gasteiger charge is 2.38. The first-order valence-electron chi connectivity index (χ1n) is 9.91. The molecule has 10 heteroatoms. The van der Waals surface area contributed by atoms with Gasteiger partial charge in [0.25, 0.3) is 10.0 Å². The molecule has 1 aliphatic heterocycles. The van der Waals surface area contributed by atoms with E-state index in [1.165, 1.54) is 3.97 Å². The molecule has 1 aromatic heterocycles. The molecule has 0 saturated heterocycles. The number of carboxylic acid groups (broad SMARTS) is 1. The van der Waals surface area contributed by atoms with Crippen molar-refractivity contribution in [1.82, 2.24) is 9.29 Å². The molecule has 0 amide bonds. The summed E-state index contributed by atoms with van der Waals surface area (Å²) in [5, 5.41) is 11.6. The zero-order chi connectivity index (χ0) is 23.7. The molecule has 0 bridgehead atoms. The second kappa shape index (κ2) is 8.95. The summed E-state index contributed by atoms with van der Waals surface area (Å²) in [6.45, 7) is 5.83. The number of nitrogens with zero attached hydrogens (tertiary/aromatic N) is 1. The SMILES string of the molecule is CC(C)c1ccc(S(=O)(=O)n2cc3c4c(cccc42)CNCC3)cc1.O=C(O)C(F)(F)F. The maximum absolute atomic E-state index is 13.2. The zero-order valence-corrected chi connectivity index (χ0v) is 18.3. The summed E-state index contributed by atoms with van der Waals surface area (Å²) in [7, 11) is -3.60. The highest BCUT2D eigenvalue weighted by Crippen LogP contribution is 2.30. The molecule has 0 atom stereocenters. The van der Waals surface area contributed by atoms with Crippen molar-refractivity contribution in [3.63, 3.8) is 0 Å². The van der Waals surface area contributed by atoms with Gasteiger partial charge in [-0.1, -0.05) is 38.1 Å². The van der Waals surface area contributed by atoms with Crippen molar-refractivity contribution >= 4 is 26.9 Å². The Kier molecular flexibility index (Phi) is 6.66. The summed E-state index contributed by atoms with van der Waals surface area (Å²) in [6.07, 6.45) is -2.45. The molecule has 172 valence electrons. The van der Waals surface area contributed by atoms with Crippen LogP contribution in [-0.2, 0) is 27.8 Å². The average molecular weight is 468 g/mol. The van der Waals surface area contributed by atoms with Crippen LogP contribution in [0, 0.1) is 0 Å². The van der Waals surface area contributed by atoms with E-state index < -0.39 is 22.2 Å². The van der Waals surface area contributed by atoms with E-state index in [-0.39, 0.29) is 0 Å². The number of aromatic nitrogens is 1. The molecule has 0 spiro atoms. The van der Waals surface area contributed by atoms with Crippen LogP contribution in [0.2, 0.25) is 0 Å². The first-order valence-corrected chi connectivity index (χ1v) is 11.3. The quantitative estimate of drug-likeness (QED) is 0.599. The third kappa shape index (κ3) is 4.81. The highest BCUT2D eigenvalue weighted by molar-refractivity contribution is 7.90. The number of nitrogens with one attached hydrogen (secondary N) is 1. The molecule has 2 heterocycles. The molecule has 3 aromatic rings. The van der Waals surface area contributed by atoms with Gasteiger partial charge in [0.2, 0.25) is 0 Å². The Balaban J connectivity index is 0.000000360. The van der Waals surface area contributed by atoms with Crippen LogP contribution in [0.4, 0.5) is 13.2 Å². The van der Waals surface area contributed by atoms with E-state index in [0.29, 0.717) is 10.8 Å². The molecular weight excluding hydrogens is 445 g/mol. The third-order valence-electron chi connectivity index (χ3n) is 5.19. The Bertz CT molecular complexity index is 1230. The minimum absolute atomic E-state index is 0.334. The normalized spacial score (nSPS) is 14.1. The van der Waals surface area contributed by atoms with E-state index in [1.807, 2.05) is 24.3 Å². The highest BCUT2D eigenvalue weighted by atomic mass is 32.2. The van der Waals surface area contributed by atoms with E-state index in [9.17, 15) is 21.6 Å². The molecule has 4 rings (SSSR count). The van der Waals surface area contributed by atoms with Crippen LogP contribution in [0.25, 0.3) is 10.9 Å². The molecule has 0 saturated carbocycles. The van der Waals surface area contributed by atoms with E-state index in [2.05, 4.69) is 25.2 Å². The van der Waals surface area contributed by atoms with Crippen molar-refractivity contribution in [3.05, 3.63) is 65.4 Å². The average Bonchev–Trinajstić information content (AvgIpc) is 2.98. The standard InChI is InChI=1S/C20H22N2O2S.C2HF3O2/c1-14(2)15-6-8-18(9-7-15)25(23,24)22-13-17-10-11-21-12-16-4-3-5-19(22)20(16)17;3-2(4,5)1(6)7/h3-9,13-14,21H,10-12H2,1-2H3;(H,6,7). The molecular formula is C22H23F3N2O4S. The molecule has 0 unspecified atom stereocenters. The smallest absolute Gasteiger partial charge is 0.475 e. The van der Waals surface area contributed by atoms with Crippen LogP contribution in [0.5, 0.6) is 0 Å². The van der Waals surface area contributed by atoms with Gasteiger partial charge in [-0.15, -0.1) is 0 Å². The van der Waals surface area contributed by atoms with Crippen molar-refractivity contribution in [1.29, 1.82) is 0 Å². The molecule has 32 heavy (non-hydrogen) atoms. The molecule has 0 radical (unpaired) electrons. The van der Waals surface area contributed by atoms with Gasteiger partial charge < -0.3 is 10.4 Å². The summed E-state index contributed by atoms with van der Waals surface area (Å²) >= 11 is 0. The maximum atomic E-state index is 13.2. The summed E-state index contributed by atoms with van der Waals surface area (Å²) in [4.78, 5) is 9.23. The van der Waals surface area contributed by atoms with E-state index >= 15 is 0 Å². The number of carboxylic acids is 1. The second-order valence-corrected chi connectivity index (χ2v) is 9.53. The summed E-state index contributed by atoms with van der Waals surface area (Å²) in [5.74, 6) is -2.38. The Morgan fingerprint density at radius 1 is 1.09 bits per heavy atom. The van der Waals surface area contributed by atoms with Gasteiger partial charge in [-0.05, 0) is 53.8 Å². The molecule has 0 aliphatic carbocycles. The Morgan fingerprint density at radius 2 is 1.72 bits per heavy atom. The van der Waals surface area contributed by atoms with Gasteiger partial charge in [0.15, 0.2) is 0 Å². The van der Waals surface area contributed by atoms with E-state index in [1.54, 1.807) is 18.3 Å². The van der Waals surface area contributed by atoms with Gasteiger partial charge in [-0.3, -0.25) is 0 Å². The number of benzene rings is 2. The number of aliphatic carboxylic acids is 1. The second-order valence-electron chi connectivity index (χ2n) is 7.72. The predicted octanol–water partition coefficient (Wildman–Crippen LogP) is 4.28. The van der Waals surface area contributed by atoms with Crippen molar-refractivity contribution in [2.45, 2.75) is 43.8 Å². The van der Waals surface area contributed by atoms with Gasteiger partial charge in [0.05, 0.1) is 10.4 Å². The van der Waals surface area contributed by atoms with Gasteiger partial charge in [-0.2, -0.15) is 13.2 Å². The lowest BCUT2D eigenvalue weighted by molar-refractivity contribution is -0.192. The summed E-state index contributed by atoms with van der Waals surface area (Å²) in [6, 6.07) is 13.1. The molecule has 1 aliphatic rings. The first kappa shape index (κ1) is 23.8. The van der Waals surface area contributed by atoms with Gasteiger partial charge in [0, 0.05) is 18.1 Å². The number of halogens is 3. The number of alkyl halides is 3. The summed E-state index contributed by atoms with van der Waals surface area (Å²) < 4.78 is 59.6. The predicted molar refractivity (Wildman–Crippen MR) is 114 cm³/mol. The number of rotatable bonds is 3. The van der Waals surface area contributed by atoms with Gasteiger partial charge in [-0.25, -0.2) is 17.2 Å². The van der Waals surface area contributed by atoms with Gasteiger partial charge >= 0.3 is 12.1 Å². The molecule has 2 aromatic carbocycles. The van der Waals surface area contributed by atoms with Crippen LogP contribution in [0.1, 0.15) is 36.5 Å². The van der Waals surface area contributed by atoms with Crippen LogP contribution < -0.4 is 5.32 Å². The first-order chi connectivity index (χ1) is 14.9. The van der Waals surface area contributed by atoms with Crippen LogP contribution in [0.3, 0.4) is 0 Å². The van der Waals surface area contributed by atoms with E-state index in [0.717, 1.165) is 47.1 Å². The number of carbonyl (C=O) groups is 1. The van der Waals surface area contributed by atoms with Crippen molar-refractivity contribution in [3.8, 4) is 0 Å². The van der Waals surface area contributed by atoms with Crippen LogP contribution in [-0.4, -0.2) is 36.2 Å². The maximum Gasteiger partial charge on any atom is 0.490 e. The van der Waals surface area contributed by atoms with Gasteiger partial charge in [0.1, 0.15) is 0 Å². The molecule has 2 N–H and O–H groups in total. The van der Waals surface area contributed by atoms with Crippen LogP contribution in [0.15, 0.2) is 53.6 Å². The van der Waals surface area contributed by atoms with Crippen molar-refractivity contribution < 1.29 is 31.5 Å². The van der Waals surface area contributed by atoms with Crippen molar-refractivity contribution in [2.75, 3.05) is 6.54 Å². The largest absolute Gasteiger partial charge is 0.490 e. The Morgan fingerprint density at radius 3 is 2.28 bits per heavy atom. The monoisotopic (exact) mass is 468 g/mol. The minimum atomic E-state index is -5.08. The van der Waals surface area contributed by atoms with Crippen molar-refractivity contribution in [2.24, 2.45) is 0 Å². The van der Waals surface area contributed by atoms with Crippen LogP contribution >= 0.6 is 0 Å². The minimum Gasteiger partial charge on any atom is -0.475 e. The molecule has 0 fully saturated rings. The zero-order valence-electron chi connectivity index (χ0n) is 17.5.